The van der Waals surface area contributed by atoms with Crippen molar-refractivity contribution in [1.29, 1.82) is 0 Å². The number of aromatic nitrogens is 2. The Kier molecular flexibility index (Phi) is 9.50. The van der Waals surface area contributed by atoms with Crippen LogP contribution in [-0.2, 0) is 16.3 Å². The number of nitrogens with one attached hydrogen (secondary N) is 1. The normalized spacial score (nSPS) is 11.1. The van der Waals surface area contributed by atoms with Crippen molar-refractivity contribution in [2.45, 2.75) is 29.6 Å². The van der Waals surface area contributed by atoms with E-state index in [1.165, 1.54) is 30.3 Å². The number of ether oxygens (including phenoxy) is 3. The predicted octanol–water partition coefficient (Wildman–Crippen LogP) is 4.18. The van der Waals surface area contributed by atoms with E-state index in [-0.39, 0.29) is 21.4 Å². The topological polar surface area (TPSA) is 195 Å². The van der Waals surface area contributed by atoms with E-state index in [0.717, 1.165) is 11.3 Å². The van der Waals surface area contributed by atoms with Gasteiger partial charge < -0.3 is 31.0 Å². The van der Waals surface area contributed by atoms with Crippen molar-refractivity contribution in [3.63, 3.8) is 0 Å². The van der Waals surface area contributed by atoms with Crippen LogP contribution in [0.5, 0.6) is 17.2 Å². The Hall–Kier alpha value is -5.11. The molecule has 0 amide bonds. The van der Waals surface area contributed by atoms with Gasteiger partial charge in [0.25, 0.3) is 5.69 Å². The lowest BCUT2D eigenvalue weighted by atomic mass is 10.1. The minimum absolute atomic E-state index is 0.0126. The van der Waals surface area contributed by atoms with E-state index in [0.29, 0.717) is 60.2 Å². The Morgan fingerprint density at radius 1 is 1.00 bits per heavy atom. The monoisotopic (exact) mass is 608 g/mol. The number of aryl methyl sites for hydroxylation is 1. The van der Waals surface area contributed by atoms with Gasteiger partial charge in [0, 0.05) is 42.5 Å². The molecule has 0 atom stereocenters. The second kappa shape index (κ2) is 13.2. The van der Waals surface area contributed by atoms with E-state index in [4.69, 9.17) is 25.7 Å². The SMILES string of the molecule is COc1cc(Cc2cnc(N)nc2N)cc(OC)c1OCCCNc1ccc(S(=O)(=O)c2ccc([N+](=O)[O-])cc2)c(C)c1. The van der Waals surface area contributed by atoms with Crippen molar-refractivity contribution in [3.8, 4) is 17.2 Å². The average Bonchev–Trinajstić information content (AvgIpc) is 2.98. The maximum atomic E-state index is 13.1. The third-order valence-electron chi connectivity index (χ3n) is 6.55. The lowest BCUT2D eigenvalue weighted by molar-refractivity contribution is -0.384. The van der Waals surface area contributed by atoms with Gasteiger partial charge in [0.1, 0.15) is 5.82 Å². The molecular formula is C29H32N6O7S. The van der Waals surface area contributed by atoms with Crippen LogP contribution >= 0.6 is 0 Å². The van der Waals surface area contributed by atoms with Gasteiger partial charge in [0.05, 0.1) is 35.5 Å². The van der Waals surface area contributed by atoms with E-state index >= 15 is 0 Å². The number of hydrogen-bond donors (Lipinski definition) is 3. The molecule has 5 N–H and O–H groups in total. The van der Waals surface area contributed by atoms with Gasteiger partial charge in [-0.2, -0.15) is 4.98 Å². The molecule has 1 heterocycles. The second-order valence-electron chi connectivity index (χ2n) is 9.51. The summed E-state index contributed by atoms with van der Waals surface area (Å²) in [6.07, 6.45) is 2.65. The van der Waals surface area contributed by atoms with Gasteiger partial charge in [-0.05, 0) is 66.9 Å². The summed E-state index contributed by atoms with van der Waals surface area (Å²) in [5.74, 6) is 1.87. The van der Waals surface area contributed by atoms with Gasteiger partial charge >= 0.3 is 0 Å². The van der Waals surface area contributed by atoms with Gasteiger partial charge in [-0.3, -0.25) is 10.1 Å². The summed E-state index contributed by atoms with van der Waals surface area (Å²) in [7, 11) is -0.752. The largest absolute Gasteiger partial charge is 0.493 e. The third kappa shape index (κ3) is 7.22. The van der Waals surface area contributed by atoms with Gasteiger partial charge in [-0.15, -0.1) is 0 Å². The van der Waals surface area contributed by atoms with Crippen LogP contribution in [0.15, 0.2) is 70.6 Å². The molecule has 43 heavy (non-hydrogen) atoms. The number of hydrogen-bond acceptors (Lipinski definition) is 12. The van der Waals surface area contributed by atoms with Crippen molar-refractivity contribution < 1.29 is 27.6 Å². The number of nitro groups is 1. The first-order chi connectivity index (χ1) is 20.5. The molecule has 0 saturated carbocycles. The lowest BCUT2D eigenvalue weighted by Crippen LogP contribution is -2.10. The highest BCUT2D eigenvalue weighted by molar-refractivity contribution is 7.91. The van der Waals surface area contributed by atoms with Crippen LogP contribution in [0.1, 0.15) is 23.1 Å². The van der Waals surface area contributed by atoms with Gasteiger partial charge in [0.2, 0.25) is 21.5 Å². The molecule has 0 aliphatic carbocycles. The van der Waals surface area contributed by atoms with Gasteiger partial charge in [-0.25, -0.2) is 13.4 Å². The van der Waals surface area contributed by atoms with Crippen molar-refractivity contribution in [2.75, 3.05) is 44.2 Å². The summed E-state index contributed by atoms with van der Waals surface area (Å²) in [5.41, 5.74) is 14.2. The summed E-state index contributed by atoms with van der Waals surface area (Å²) in [6, 6.07) is 13.4. The molecule has 0 bridgehead atoms. The third-order valence-corrected chi connectivity index (χ3v) is 8.48. The number of benzene rings is 3. The van der Waals surface area contributed by atoms with Crippen molar-refractivity contribution in [3.05, 3.63) is 87.6 Å². The Morgan fingerprint density at radius 3 is 2.26 bits per heavy atom. The zero-order valence-corrected chi connectivity index (χ0v) is 24.7. The Balaban J connectivity index is 1.36. The molecule has 3 aromatic carbocycles. The molecule has 0 unspecified atom stereocenters. The number of rotatable bonds is 13. The van der Waals surface area contributed by atoms with E-state index in [1.54, 1.807) is 39.5 Å². The number of non-ortho nitro benzene ring substituents is 1. The first kappa shape index (κ1) is 30.8. The molecular weight excluding hydrogens is 576 g/mol. The number of anilines is 3. The lowest BCUT2D eigenvalue weighted by Gasteiger charge is -2.17. The Bertz CT molecular complexity index is 1710. The van der Waals surface area contributed by atoms with Crippen LogP contribution in [0.2, 0.25) is 0 Å². The molecule has 0 spiro atoms. The zero-order valence-electron chi connectivity index (χ0n) is 23.9. The Morgan fingerprint density at radius 2 is 1.67 bits per heavy atom. The molecule has 226 valence electrons. The molecule has 4 rings (SSSR count). The van der Waals surface area contributed by atoms with Crippen molar-refractivity contribution in [2.24, 2.45) is 0 Å². The first-order valence-electron chi connectivity index (χ1n) is 13.1. The molecule has 4 aromatic rings. The average molecular weight is 609 g/mol. The highest BCUT2D eigenvalue weighted by Crippen LogP contribution is 2.39. The maximum absolute atomic E-state index is 13.1. The molecule has 0 saturated heterocycles. The highest BCUT2D eigenvalue weighted by Gasteiger charge is 2.21. The van der Waals surface area contributed by atoms with Gasteiger partial charge in [-0.1, -0.05) is 0 Å². The highest BCUT2D eigenvalue weighted by atomic mass is 32.2. The van der Waals surface area contributed by atoms with Crippen LogP contribution in [-0.4, -0.2) is 50.7 Å². The molecule has 0 aliphatic rings. The minimum Gasteiger partial charge on any atom is -0.493 e. The summed E-state index contributed by atoms with van der Waals surface area (Å²) in [6.45, 7) is 2.60. The molecule has 0 fully saturated rings. The molecule has 0 aliphatic heterocycles. The number of nitrogens with two attached hydrogens (primary N) is 2. The fraction of sp³-hybridized carbons (Fsp3) is 0.241. The molecule has 0 radical (unpaired) electrons. The van der Waals surface area contributed by atoms with Crippen LogP contribution in [0.3, 0.4) is 0 Å². The van der Waals surface area contributed by atoms with E-state index < -0.39 is 14.8 Å². The maximum Gasteiger partial charge on any atom is 0.269 e. The van der Waals surface area contributed by atoms with E-state index in [1.807, 2.05) is 12.1 Å². The number of sulfone groups is 1. The van der Waals surface area contributed by atoms with Crippen LogP contribution < -0.4 is 31.0 Å². The Labute approximate surface area is 248 Å². The van der Waals surface area contributed by atoms with Crippen LogP contribution in [0, 0.1) is 17.0 Å². The summed E-state index contributed by atoms with van der Waals surface area (Å²) >= 11 is 0. The van der Waals surface area contributed by atoms with E-state index in [2.05, 4.69) is 15.3 Å². The van der Waals surface area contributed by atoms with Crippen molar-refractivity contribution in [1.82, 2.24) is 9.97 Å². The number of methoxy groups -OCH3 is 2. The number of nitro benzene ring substituents is 1. The first-order valence-corrected chi connectivity index (χ1v) is 14.6. The summed E-state index contributed by atoms with van der Waals surface area (Å²) in [5, 5.41) is 14.2. The predicted molar refractivity (Wildman–Crippen MR) is 162 cm³/mol. The quantitative estimate of drug-likeness (QED) is 0.111. The molecule has 14 heteroatoms. The van der Waals surface area contributed by atoms with Crippen molar-refractivity contribution >= 4 is 33.0 Å². The summed E-state index contributed by atoms with van der Waals surface area (Å²) in [4.78, 5) is 18.4. The zero-order chi connectivity index (χ0) is 31.1. The minimum atomic E-state index is -3.84. The van der Waals surface area contributed by atoms with E-state index in [9.17, 15) is 18.5 Å². The number of nitrogen functional groups attached to an aromatic ring is 2. The number of nitrogens with zero attached hydrogens (tertiary/aromatic N) is 3. The standard InChI is InChI=1S/C29H32N6O7S/c1-18-13-21(5-10-26(18)43(38,39)23-8-6-22(7-9-23)35(36)37)32-11-4-12-42-27-24(40-2)15-19(16-25(27)41-3)14-20-17-33-29(31)34-28(20)30/h5-10,13,15-17,32H,4,11-12,14H2,1-3H3,(H4,30,31,33,34). The fourth-order valence-electron chi connectivity index (χ4n) is 4.38. The fourth-order valence-corrected chi connectivity index (χ4v) is 5.86. The van der Waals surface area contributed by atoms with Gasteiger partial charge in [0.15, 0.2) is 11.5 Å². The van der Waals surface area contributed by atoms with Crippen LogP contribution in [0.4, 0.5) is 23.1 Å². The smallest absolute Gasteiger partial charge is 0.269 e. The summed E-state index contributed by atoms with van der Waals surface area (Å²) < 4.78 is 43.3. The second-order valence-corrected chi connectivity index (χ2v) is 11.4. The molecule has 1 aromatic heterocycles. The van der Waals surface area contributed by atoms with Crippen LogP contribution in [0.25, 0.3) is 0 Å². The molecule has 13 nitrogen and oxygen atoms in total.